The lowest BCUT2D eigenvalue weighted by molar-refractivity contribution is -0.129. The molecule has 1 heterocycles. The Morgan fingerprint density at radius 2 is 1.62 bits per heavy atom. The van der Waals surface area contributed by atoms with Gasteiger partial charge in [0.25, 0.3) is 0 Å². The summed E-state index contributed by atoms with van der Waals surface area (Å²) in [4.78, 5) is 15.2. The molecule has 1 aromatic rings. The van der Waals surface area contributed by atoms with Gasteiger partial charge in [-0.1, -0.05) is 18.6 Å². The lowest BCUT2D eigenvalue weighted by Crippen LogP contribution is -2.51. The van der Waals surface area contributed by atoms with E-state index in [2.05, 4.69) is 10.2 Å². The molecule has 0 spiro atoms. The standard InChI is InChI=1S/C22H32FN3O.2ClH/c23-19-6-4-15(5-7-19)14-26-10-8-20(9-11-26)25-22(27)18-12-16-2-1-3-17(13-18)21(16)24;;/h4-7,16-18,20-21H,1-3,8-14,24H2,(H,25,27);2*1H. The second-order valence-corrected chi connectivity index (χ2v) is 8.88. The first-order valence-electron chi connectivity index (χ1n) is 10.6. The Balaban J connectivity index is 0.00000150. The minimum atomic E-state index is -0.187. The number of nitrogens with zero attached hydrogens (tertiary/aromatic N) is 1. The van der Waals surface area contributed by atoms with E-state index in [9.17, 15) is 9.18 Å². The van der Waals surface area contributed by atoms with Gasteiger partial charge in [-0.25, -0.2) is 4.39 Å². The Labute approximate surface area is 186 Å². The largest absolute Gasteiger partial charge is 0.353 e. The van der Waals surface area contributed by atoms with Crippen LogP contribution in [0.2, 0.25) is 0 Å². The molecule has 1 aromatic carbocycles. The summed E-state index contributed by atoms with van der Waals surface area (Å²) in [6.45, 7) is 2.80. The number of carbonyl (C=O) groups is 1. The zero-order chi connectivity index (χ0) is 18.8. The zero-order valence-corrected chi connectivity index (χ0v) is 18.5. The molecule has 0 radical (unpaired) electrons. The van der Waals surface area contributed by atoms with Gasteiger partial charge in [0.1, 0.15) is 5.82 Å². The quantitative estimate of drug-likeness (QED) is 0.738. The van der Waals surface area contributed by atoms with Crippen LogP contribution in [0.15, 0.2) is 24.3 Å². The summed E-state index contributed by atoms with van der Waals surface area (Å²) in [6.07, 6.45) is 7.62. The molecule has 164 valence electrons. The molecule has 29 heavy (non-hydrogen) atoms. The van der Waals surface area contributed by atoms with E-state index in [1.54, 1.807) is 0 Å². The van der Waals surface area contributed by atoms with Gasteiger partial charge in [0.2, 0.25) is 5.91 Å². The maximum Gasteiger partial charge on any atom is 0.223 e. The van der Waals surface area contributed by atoms with Crippen LogP contribution in [-0.2, 0) is 11.3 Å². The molecule has 2 aliphatic carbocycles. The van der Waals surface area contributed by atoms with Crippen LogP contribution in [0.1, 0.15) is 50.5 Å². The molecule has 2 bridgehead atoms. The van der Waals surface area contributed by atoms with Gasteiger partial charge in [0.15, 0.2) is 0 Å². The molecule has 2 unspecified atom stereocenters. The number of piperidine rings is 1. The number of nitrogens with one attached hydrogen (secondary N) is 1. The van der Waals surface area contributed by atoms with Gasteiger partial charge >= 0.3 is 0 Å². The molecular weight excluding hydrogens is 412 g/mol. The summed E-state index contributed by atoms with van der Waals surface area (Å²) in [5, 5.41) is 3.33. The number of benzene rings is 1. The third-order valence-electron chi connectivity index (χ3n) is 7.04. The van der Waals surface area contributed by atoms with Crippen LogP contribution in [0.4, 0.5) is 4.39 Å². The van der Waals surface area contributed by atoms with Crippen LogP contribution in [0.5, 0.6) is 0 Å². The van der Waals surface area contributed by atoms with Crippen LogP contribution in [-0.4, -0.2) is 36.0 Å². The second-order valence-electron chi connectivity index (χ2n) is 8.88. The molecule has 4 rings (SSSR count). The maximum atomic E-state index is 13.0. The van der Waals surface area contributed by atoms with Crippen molar-refractivity contribution in [1.29, 1.82) is 0 Å². The Hall–Kier alpha value is -0.880. The van der Waals surface area contributed by atoms with Crippen molar-refractivity contribution in [3.05, 3.63) is 35.6 Å². The first-order valence-corrected chi connectivity index (χ1v) is 10.6. The van der Waals surface area contributed by atoms with E-state index in [0.29, 0.717) is 17.9 Å². The third kappa shape index (κ3) is 6.06. The van der Waals surface area contributed by atoms with Crippen molar-refractivity contribution >= 4 is 30.7 Å². The molecule has 7 heteroatoms. The predicted octanol–water partition coefficient (Wildman–Crippen LogP) is 3.90. The van der Waals surface area contributed by atoms with Gasteiger partial charge in [-0.2, -0.15) is 0 Å². The van der Waals surface area contributed by atoms with E-state index >= 15 is 0 Å². The second kappa shape index (κ2) is 10.9. The summed E-state index contributed by atoms with van der Waals surface area (Å²) >= 11 is 0. The molecule has 1 amide bonds. The van der Waals surface area contributed by atoms with Gasteiger partial charge in [-0.05, 0) is 68.1 Å². The van der Waals surface area contributed by atoms with Crippen LogP contribution in [0.3, 0.4) is 0 Å². The minimum Gasteiger partial charge on any atom is -0.353 e. The van der Waals surface area contributed by atoms with Gasteiger partial charge in [-0.3, -0.25) is 9.69 Å². The number of nitrogens with two attached hydrogens (primary N) is 1. The van der Waals surface area contributed by atoms with Crippen LogP contribution in [0.25, 0.3) is 0 Å². The third-order valence-corrected chi connectivity index (χ3v) is 7.04. The van der Waals surface area contributed by atoms with E-state index in [0.717, 1.165) is 50.9 Å². The van der Waals surface area contributed by atoms with E-state index in [4.69, 9.17) is 5.73 Å². The lowest BCUT2D eigenvalue weighted by atomic mass is 9.65. The number of fused-ring (bicyclic) bond motifs is 2. The highest BCUT2D eigenvalue weighted by atomic mass is 35.5. The summed E-state index contributed by atoms with van der Waals surface area (Å²) in [5.41, 5.74) is 7.50. The SMILES string of the molecule is Cl.Cl.NC1C2CCCC1CC(C(=O)NC1CCN(Cc3ccc(F)cc3)CC1)C2. The van der Waals surface area contributed by atoms with Crippen molar-refractivity contribution in [2.75, 3.05) is 13.1 Å². The first kappa shape index (κ1) is 24.4. The minimum absolute atomic E-state index is 0. The fourth-order valence-electron chi connectivity index (χ4n) is 5.41. The van der Waals surface area contributed by atoms with Crippen molar-refractivity contribution in [1.82, 2.24) is 10.2 Å². The molecule has 0 aromatic heterocycles. The number of rotatable bonds is 4. The van der Waals surface area contributed by atoms with Crippen LogP contribution in [0, 0.1) is 23.6 Å². The van der Waals surface area contributed by atoms with E-state index < -0.39 is 0 Å². The molecule has 2 saturated carbocycles. The van der Waals surface area contributed by atoms with Gasteiger partial charge in [-0.15, -0.1) is 24.8 Å². The number of carbonyl (C=O) groups excluding carboxylic acids is 1. The first-order chi connectivity index (χ1) is 13.1. The topological polar surface area (TPSA) is 58.4 Å². The summed E-state index contributed by atoms with van der Waals surface area (Å²) in [5.74, 6) is 1.33. The summed E-state index contributed by atoms with van der Waals surface area (Å²) in [7, 11) is 0. The average molecular weight is 446 g/mol. The van der Waals surface area contributed by atoms with E-state index in [-0.39, 0.29) is 48.5 Å². The Kier molecular flexibility index (Phi) is 9.20. The molecular formula is C22H34Cl2FN3O. The highest BCUT2D eigenvalue weighted by Crippen LogP contribution is 2.42. The lowest BCUT2D eigenvalue weighted by Gasteiger charge is -2.44. The van der Waals surface area contributed by atoms with Gasteiger partial charge < -0.3 is 11.1 Å². The van der Waals surface area contributed by atoms with Crippen molar-refractivity contribution in [2.24, 2.45) is 23.5 Å². The Bertz CT molecular complexity index is 638. The molecule has 3 N–H and O–H groups in total. The fraction of sp³-hybridized carbons (Fsp3) is 0.682. The number of hydrogen-bond donors (Lipinski definition) is 2. The highest BCUT2D eigenvalue weighted by molar-refractivity contribution is 5.85. The molecule has 3 fully saturated rings. The number of halogens is 3. The van der Waals surface area contributed by atoms with Crippen LogP contribution < -0.4 is 11.1 Å². The highest BCUT2D eigenvalue weighted by Gasteiger charge is 2.40. The molecule has 3 aliphatic rings. The number of hydrogen-bond acceptors (Lipinski definition) is 3. The fourth-order valence-corrected chi connectivity index (χ4v) is 5.41. The summed E-state index contributed by atoms with van der Waals surface area (Å²) in [6, 6.07) is 7.36. The van der Waals surface area contributed by atoms with Crippen molar-refractivity contribution < 1.29 is 9.18 Å². The number of likely N-dealkylation sites (tertiary alicyclic amines) is 1. The van der Waals surface area contributed by atoms with Crippen molar-refractivity contribution in [3.8, 4) is 0 Å². The maximum absolute atomic E-state index is 13.0. The normalized spacial score (nSPS) is 30.0. The van der Waals surface area contributed by atoms with E-state index in [1.165, 1.54) is 31.4 Å². The number of amides is 1. The van der Waals surface area contributed by atoms with Crippen molar-refractivity contribution in [3.63, 3.8) is 0 Å². The zero-order valence-electron chi connectivity index (χ0n) is 16.9. The molecule has 4 nitrogen and oxygen atoms in total. The van der Waals surface area contributed by atoms with Crippen LogP contribution >= 0.6 is 24.8 Å². The van der Waals surface area contributed by atoms with Gasteiger partial charge in [0, 0.05) is 37.6 Å². The Morgan fingerprint density at radius 3 is 2.21 bits per heavy atom. The molecule has 1 saturated heterocycles. The Morgan fingerprint density at radius 1 is 1.03 bits per heavy atom. The monoisotopic (exact) mass is 445 g/mol. The van der Waals surface area contributed by atoms with Crippen molar-refractivity contribution in [2.45, 2.75) is 63.6 Å². The molecule has 1 aliphatic heterocycles. The van der Waals surface area contributed by atoms with E-state index in [1.807, 2.05) is 12.1 Å². The predicted molar refractivity (Wildman–Crippen MR) is 119 cm³/mol. The smallest absolute Gasteiger partial charge is 0.223 e. The molecule has 2 atom stereocenters. The summed E-state index contributed by atoms with van der Waals surface area (Å²) < 4.78 is 13.0. The van der Waals surface area contributed by atoms with Gasteiger partial charge in [0.05, 0.1) is 0 Å². The average Bonchev–Trinajstić information content (AvgIpc) is 2.65.